The standard InChI is InChI=1S/C30H38N.C28H34N.C25H30N.2C24H28N/c1-21-14-15-27-25(18-21)16-17-31(3)30(27)29-20-26(23-10-6-4-7-11-23)19-28(22(29)2)24-12-8-5-9-13-24;1-19-12-13-25-23(16-19)14-15-29(3)28(25)27-18-24(21-8-4-5-9-21)17-26(20(27)2)22-10-6-7-11-22;1-17-10-11-23-21(14-17)12-13-26(4)25(23)24-16-22(15-18(2)19(24)3)20-8-6-5-7-9-20;1-16-9-10-22-20(13-16)11-12-25(4)24(22)23-15-21(14-17(2)18(23)3)19-7-5-6-8-19;1-17-9-12-22-21(15-17)13-14-25(3)24(22)23-16-20(11-10-18(23)2)19-7-5-4-6-8-19/h14-20,23-24H,4-13H2,1-3H3;12-18,21-22H,4-11H2,1-3H3;10-16,20H,5-9H2,1-4H3;9-15,19H,5-8H2,1-4H3;9-16,19H,4-8H2,1-3H3/q5*+1. The Labute approximate surface area is 817 Å². The van der Waals surface area contributed by atoms with Crippen molar-refractivity contribution >= 4 is 53.9 Å². The molecule has 0 saturated heterocycles. The maximum atomic E-state index is 2.64. The van der Waals surface area contributed by atoms with Crippen molar-refractivity contribution in [3.8, 4) is 56.3 Å². The van der Waals surface area contributed by atoms with Crippen LogP contribution in [0.4, 0.5) is 0 Å². The van der Waals surface area contributed by atoms with Crippen LogP contribution in [0.25, 0.3) is 110 Å². The summed E-state index contributed by atoms with van der Waals surface area (Å²) in [5.41, 5.74) is 41.8. The average molecular weight is 1800 g/mol. The maximum absolute atomic E-state index is 2.64. The van der Waals surface area contributed by atoms with Crippen molar-refractivity contribution in [3.63, 3.8) is 0 Å². The third kappa shape index (κ3) is 20.8. The van der Waals surface area contributed by atoms with Gasteiger partial charge >= 0.3 is 0 Å². The first kappa shape index (κ1) is 95.6. The average Bonchev–Trinajstić information content (AvgIpc) is 1.06. The summed E-state index contributed by atoms with van der Waals surface area (Å²) in [7, 11) is 11.0. The monoisotopic (exact) mass is 1800 g/mol. The molecular formula is C131H158N5+5. The molecule has 5 nitrogen and oxygen atoms in total. The van der Waals surface area contributed by atoms with Crippen LogP contribution in [0, 0.1) is 83.1 Å². The van der Waals surface area contributed by atoms with E-state index in [0.29, 0.717) is 0 Å². The molecule has 7 fully saturated rings. The lowest BCUT2D eigenvalue weighted by molar-refractivity contribution is -0.659. The van der Waals surface area contributed by atoms with Crippen molar-refractivity contribution in [2.24, 2.45) is 35.2 Å². The number of hydrogen-bond acceptors (Lipinski definition) is 0. The van der Waals surface area contributed by atoms with Gasteiger partial charge in [0.15, 0.2) is 31.0 Å². The number of fused-ring (bicyclic) bond motifs is 5. The Bertz CT molecular complexity index is 6870. The lowest BCUT2D eigenvalue weighted by atomic mass is 9.76. The highest BCUT2D eigenvalue weighted by atomic mass is 14.9. The van der Waals surface area contributed by atoms with E-state index in [1.165, 1.54) is 388 Å². The van der Waals surface area contributed by atoms with Crippen molar-refractivity contribution in [1.82, 2.24) is 0 Å². The van der Waals surface area contributed by atoms with Crippen molar-refractivity contribution in [3.05, 3.63) is 325 Å². The van der Waals surface area contributed by atoms with Gasteiger partial charge < -0.3 is 0 Å². The van der Waals surface area contributed by atoms with E-state index in [1.54, 1.807) is 33.4 Å². The molecule has 15 aromatic rings. The molecule has 7 aliphatic rings. The summed E-state index contributed by atoms with van der Waals surface area (Å²) < 4.78 is 11.6. The second kappa shape index (κ2) is 42.7. The summed E-state index contributed by atoms with van der Waals surface area (Å²) in [4.78, 5) is 0. The Kier molecular flexibility index (Phi) is 30.0. The third-order valence-corrected chi connectivity index (χ3v) is 34.0. The predicted octanol–water partition coefficient (Wildman–Crippen LogP) is 33.5. The number of aromatic nitrogens is 5. The summed E-state index contributed by atoms with van der Waals surface area (Å²) in [5.74, 6) is 5.26. The highest BCUT2D eigenvalue weighted by Gasteiger charge is 2.33. The van der Waals surface area contributed by atoms with Crippen LogP contribution in [0.2, 0.25) is 0 Å². The van der Waals surface area contributed by atoms with Crippen LogP contribution >= 0.6 is 0 Å². The van der Waals surface area contributed by atoms with Crippen LogP contribution < -0.4 is 22.8 Å². The molecule has 0 amide bonds. The first-order valence-corrected chi connectivity index (χ1v) is 53.5. The highest BCUT2D eigenvalue weighted by molar-refractivity contribution is 5.99. The van der Waals surface area contributed by atoms with Gasteiger partial charge in [-0.05, 0) is 380 Å². The Morgan fingerprint density at radius 2 is 0.390 bits per heavy atom. The molecule has 0 N–H and O–H groups in total. The van der Waals surface area contributed by atoms with Gasteiger partial charge in [-0.15, -0.1) is 0 Å². The Morgan fingerprint density at radius 3 is 0.654 bits per heavy atom. The topological polar surface area (TPSA) is 19.4 Å². The molecule has 7 saturated carbocycles. The second-order valence-corrected chi connectivity index (χ2v) is 43.8. The van der Waals surface area contributed by atoms with Crippen molar-refractivity contribution in [1.29, 1.82) is 0 Å². The fourth-order valence-electron chi connectivity index (χ4n) is 25.8. The van der Waals surface area contributed by atoms with Gasteiger partial charge in [0.1, 0.15) is 35.2 Å². The molecule has 0 radical (unpaired) electrons. The molecule has 702 valence electrons. The van der Waals surface area contributed by atoms with Crippen molar-refractivity contribution in [2.75, 3.05) is 0 Å². The predicted molar refractivity (Wildman–Crippen MR) is 577 cm³/mol. The second-order valence-electron chi connectivity index (χ2n) is 43.8. The zero-order chi connectivity index (χ0) is 94.5. The number of nitrogens with zero attached hydrogens (tertiary/aromatic N) is 5. The number of hydrogen-bond donors (Lipinski definition) is 0. The molecule has 5 aromatic heterocycles. The Balaban J connectivity index is 0.000000114. The van der Waals surface area contributed by atoms with E-state index in [4.69, 9.17) is 0 Å². The minimum Gasteiger partial charge on any atom is -0.200 e. The first-order valence-electron chi connectivity index (χ1n) is 53.5. The minimum atomic E-state index is 0.740. The molecule has 0 spiro atoms. The van der Waals surface area contributed by atoms with E-state index in [-0.39, 0.29) is 0 Å². The van der Waals surface area contributed by atoms with Crippen LogP contribution in [-0.4, -0.2) is 0 Å². The van der Waals surface area contributed by atoms with E-state index in [1.807, 2.05) is 0 Å². The van der Waals surface area contributed by atoms with E-state index < -0.39 is 0 Å². The lowest BCUT2D eigenvalue weighted by Gasteiger charge is -2.28. The number of benzene rings is 10. The SMILES string of the molecule is Cc1ccc2c(-c3cc(C4CCCC4)cc(C)c3C)[n+](C)ccc2c1.Cc1ccc2c(-c3cc(C4CCCC4)cc(C4CCCC4)c3C)[n+](C)ccc2c1.Cc1ccc2c(-c3cc(C4CCCCC4)cc(C)c3C)[n+](C)ccc2c1.Cc1ccc2c(-c3cc(C4CCCCC4)cc(C4CCCCC4)c3C)[n+](C)ccc2c1.Cc1ccc2c(-c3cc(C4CCCCC4)ccc3C)[n+](C)ccc2c1. The Morgan fingerprint density at radius 1 is 0.176 bits per heavy atom. The summed E-state index contributed by atoms with van der Waals surface area (Å²) in [6, 6.07) is 72.9. The van der Waals surface area contributed by atoms with E-state index in [9.17, 15) is 0 Å². The molecule has 5 heterocycles. The van der Waals surface area contributed by atoms with E-state index >= 15 is 0 Å². The smallest absolute Gasteiger partial charge is 0.200 e. The number of aryl methyl sites for hydroxylation is 13. The molecular weight excluding hydrogens is 1640 g/mol. The van der Waals surface area contributed by atoms with Crippen LogP contribution in [0.3, 0.4) is 0 Å². The normalized spacial score (nSPS) is 16.7. The summed E-state index contributed by atoms with van der Waals surface area (Å²) in [6.45, 7) is 27.0. The van der Waals surface area contributed by atoms with Crippen molar-refractivity contribution in [2.45, 2.75) is 330 Å². The summed E-state index contributed by atoms with van der Waals surface area (Å²) in [6.07, 6.45) is 55.3. The van der Waals surface area contributed by atoms with Gasteiger partial charge in [-0.2, -0.15) is 0 Å². The number of pyridine rings is 5. The van der Waals surface area contributed by atoms with Crippen LogP contribution in [0.5, 0.6) is 0 Å². The fraction of sp³-hybridized carbons (Fsp3) is 0.427. The van der Waals surface area contributed by atoms with Gasteiger partial charge in [0.05, 0.1) is 49.2 Å². The lowest BCUT2D eigenvalue weighted by Crippen LogP contribution is -2.31. The molecule has 22 rings (SSSR count). The van der Waals surface area contributed by atoms with Gasteiger partial charge in [0, 0.05) is 35.9 Å². The quantitative estimate of drug-likeness (QED) is 0.109. The van der Waals surface area contributed by atoms with E-state index in [0.717, 1.165) is 41.4 Å². The van der Waals surface area contributed by atoms with Crippen LogP contribution in [0.1, 0.15) is 353 Å². The van der Waals surface area contributed by atoms with Crippen molar-refractivity contribution < 1.29 is 22.8 Å². The first-order chi connectivity index (χ1) is 65.9. The molecule has 136 heavy (non-hydrogen) atoms. The zero-order valence-electron chi connectivity index (χ0n) is 86.2. The van der Waals surface area contributed by atoms with Gasteiger partial charge in [-0.3, -0.25) is 0 Å². The van der Waals surface area contributed by atoms with Gasteiger partial charge in [-0.1, -0.05) is 240 Å². The minimum absolute atomic E-state index is 0.740. The zero-order valence-corrected chi connectivity index (χ0v) is 86.2. The summed E-state index contributed by atoms with van der Waals surface area (Å²) >= 11 is 0. The van der Waals surface area contributed by atoms with Crippen LogP contribution in [0.15, 0.2) is 219 Å². The molecule has 0 aliphatic heterocycles. The molecule has 10 aromatic carbocycles. The summed E-state index contributed by atoms with van der Waals surface area (Å²) in [5, 5.41) is 13.5. The molecule has 0 atom stereocenters. The van der Waals surface area contributed by atoms with E-state index in [2.05, 4.69) is 360 Å². The largest absolute Gasteiger partial charge is 0.220 e. The van der Waals surface area contributed by atoms with Crippen LogP contribution in [-0.2, 0) is 35.2 Å². The maximum Gasteiger partial charge on any atom is 0.220 e. The highest BCUT2D eigenvalue weighted by Crippen LogP contribution is 2.49. The van der Waals surface area contributed by atoms with Gasteiger partial charge in [0.25, 0.3) is 0 Å². The molecule has 0 unspecified atom stereocenters. The van der Waals surface area contributed by atoms with Gasteiger partial charge in [0.2, 0.25) is 28.5 Å². The third-order valence-electron chi connectivity index (χ3n) is 34.0. The van der Waals surface area contributed by atoms with Gasteiger partial charge in [-0.25, -0.2) is 22.8 Å². The number of rotatable bonds is 12. The molecule has 7 aliphatic carbocycles. The molecule has 0 bridgehead atoms. The Hall–Kier alpha value is -10.8. The fourth-order valence-corrected chi connectivity index (χ4v) is 25.8. The molecule has 5 heteroatoms.